The fourth-order valence-electron chi connectivity index (χ4n) is 2.47. The van der Waals surface area contributed by atoms with Crippen LogP contribution in [0.2, 0.25) is 0 Å². The van der Waals surface area contributed by atoms with Crippen molar-refractivity contribution in [2.45, 2.75) is 25.7 Å². The van der Waals surface area contributed by atoms with Gasteiger partial charge in [0, 0.05) is 11.3 Å². The lowest BCUT2D eigenvalue weighted by molar-refractivity contribution is 0.0519. The highest BCUT2D eigenvalue weighted by Gasteiger charge is 2.27. The van der Waals surface area contributed by atoms with Crippen molar-refractivity contribution in [3.8, 4) is 5.75 Å². The molecule has 24 heavy (non-hydrogen) atoms. The van der Waals surface area contributed by atoms with Crippen molar-refractivity contribution >= 4 is 21.7 Å². The van der Waals surface area contributed by atoms with E-state index < -0.39 is 16.0 Å². The van der Waals surface area contributed by atoms with Gasteiger partial charge in [-0.25, -0.2) is 13.2 Å². The first-order valence-corrected chi connectivity index (χ1v) is 8.82. The summed E-state index contributed by atoms with van der Waals surface area (Å²) in [6.45, 7) is 5.04. The van der Waals surface area contributed by atoms with E-state index in [1.807, 2.05) is 0 Å². The van der Waals surface area contributed by atoms with Crippen LogP contribution in [-0.2, 0) is 14.8 Å². The Bertz CT molecular complexity index is 855. The number of carbonyl (C=O) groups is 1. The van der Waals surface area contributed by atoms with Crippen LogP contribution in [0.5, 0.6) is 5.75 Å². The number of anilines is 1. The molecule has 2 rings (SSSR count). The summed E-state index contributed by atoms with van der Waals surface area (Å²) in [6, 6.07) is 6.68. The largest absolute Gasteiger partial charge is 0.495 e. The third-order valence-electron chi connectivity index (χ3n) is 3.47. The number of aromatic nitrogens is 1. The molecule has 2 aromatic rings. The molecule has 0 unspecified atom stereocenters. The second-order valence-corrected chi connectivity index (χ2v) is 6.72. The fourth-order valence-corrected chi connectivity index (χ4v) is 3.99. The minimum Gasteiger partial charge on any atom is -0.495 e. The molecule has 2 N–H and O–H groups in total. The highest BCUT2D eigenvalue weighted by Crippen LogP contribution is 2.29. The quantitative estimate of drug-likeness (QED) is 0.779. The third-order valence-corrected chi connectivity index (χ3v) is 5.11. The summed E-state index contributed by atoms with van der Waals surface area (Å²) >= 11 is 0. The van der Waals surface area contributed by atoms with Gasteiger partial charge < -0.3 is 14.5 Å². The van der Waals surface area contributed by atoms with Gasteiger partial charge in [0.05, 0.1) is 19.4 Å². The predicted molar refractivity (Wildman–Crippen MR) is 90.0 cm³/mol. The number of hydrogen-bond acceptors (Lipinski definition) is 5. The van der Waals surface area contributed by atoms with Gasteiger partial charge in [0.2, 0.25) is 0 Å². The third kappa shape index (κ3) is 3.38. The van der Waals surface area contributed by atoms with E-state index in [2.05, 4.69) is 9.71 Å². The molecule has 0 fully saturated rings. The van der Waals surface area contributed by atoms with Crippen molar-refractivity contribution in [1.82, 2.24) is 4.98 Å². The summed E-state index contributed by atoms with van der Waals surface area (Å²) in [6.07, 6.45) is 0. The second kappa shape index (κ2) is 6.96. The van der Waals surface area contributed by atoms with E-state index in [4.69, 9.17) is 9.47 Å². The van der Waals surface area contributed by atoms with E-state index in [-0.39, 0.29) is 17.2 Å². The number of sulfonamides is 1. The Morgan fingerprint density at radius 1 is 1.25 bits per heavy atom. The Hall–Kier alpha value is -2.48. The molecule has 130 valence electrons. The number of carbonyl (C=O) groups excluding carboxylic acids is 1. The summed E-state index contributed by atoms with van der Waals surface area (Å²) in [5, 5.41) is 0. The maximum atomic E-state index is 12.8. The molecule has 7 nitrogen and oxygen atoms in total. The molecule has 1 aromatic carbocycles. The molecular formula is C16H20N2O5S. The molecule has 0 saturated carbocycles. The van der Waals surface area contributed by atoms with Crippen molar-refractivity contribution in [2.75, 3.05) is 18.4 Å². The normalized spacial score (nSPS) is 11.2. The smallest absolute Gasteiger partial charge is 0.355 e. The predicted octanol–water partition coefficient (Wildman–Crippen LogP) is 2.62. The Labute approximate surface area is 141 Å². The van der Waals surface area contributed by atoms with Gasteiger partial charge in [-0.1, -0.05) is 12.1 Å². The van der Waals surface area contributed by atoms with E-state index in [1.54, 1.807) is 45.0 Å². The lowest BCUT2D eigenvalue weighted by Gasteiger charge is -2.12. The molecule has 0 aliphatic heterocycles. The fraction of sp³-hybridized carbons (Fsp3) is 0.312. The summed E-state index contributed by atoms with van der Waals surface area (Å²) in [5.41, 5.74) is 1.12. The Balaban J connectivity index is 2.45. The summed E-state index contributed by atoms with van der Waals surface area (Å²) in [7, 11) is -2.45. The first-order valence-electron chi connectivity index (χ1n) is 7.34. The van der Waals surface area contributed by atoms with Gasteiger partial charge in [-0.3, -0.25) is 4.72 Å². The molecule has 0 saturated heterocycles. The van der Waals surface area contributed by atoms with Crippen LogP contribution in [0.3, 0.4) is 0 Å². The topological polar surface area (TPSA) is 97.5 Å². The van der Waals surface area contributed by atoms with Crippen LogP contribution in [-0.4, -0.2) is 33.1 Å². The van der Waals surface area contributed by atoms with Gasteiger partial charge in [-0.2, -0.15) is 0 Å². The summed E-state index contributed by atoms with van der Waals surface area (Å²) < 4.78 is 38.1. The number of methoxy groups -OCH3 is 1. The van der Waals surface area contributed by atoms with Gasteiger partial charge >= 0.3 is 5.97 Å². The van der Waals surface area contributed by atoms with E-state index in [0.717, 1.165) is 0 Å². The van der Waals surface area contributed by atoms with Gasteiger partial charge in [-0.05, 0) is 32.9 Å². The molecule has 0 spiro atoms. The number of benzene rings is 1. The van der Waals surface area contributed by atoms with E-state index >= 15 is 0 Å². The van der Waals surface area contributed by atoms with Crippen molar-refractivity contribution < 1.29 is 22.7 Å². The van der Waals surface area contributed by atoms with Crippen molar-refractivity contribution in [3.05, 3.63) is 41.2 Å². The number of aryl methyl sites for hydroxylation is 1. The van der Waals surface area contributed by atoms with Crippen LogP contribution < -0.4 is 9.46 Å². The lowest BCUT2D eigenvalue weighted by Crippen LogP contribution is -2.15. The van der Waals surface area contributed by atoms with Gasteiger partial charge in [0.1, 0.15) is 16.3 Å². The number of nitrogens with one attached hydrogen (secondary N) is 2. The van der Waals surface area contributed by atoms with Crippen molar-refractivity contribution in [1.29, 1.82) is 0 Å². The maximum Gasteiger partial charge on any atom is 0.355 e. The van der Waals surface area contributed by atoms with Crippen LogP contribution in [0, 0.1) is 13.8 Å². The first-order chi connectivity index (χ1) is 11.3. The average Bonchev–Trinajstić information content (AvgIpc) is 2.83. The molecule has 0 bridgehead atoms. The van der Waals surface area contributed by atoms with Crippen molar-refractivity contribution in [3.63, 3.8) is 0 Å². The standard InChI is InChI=1S/C16H20N2O5S/c1-5-23-16(19)14-10(2)15(11(3)17-14)24(20,21)18-12-8-6-7-9-13(12)22-4/h6-9,17-18H,5H2,1-4H3. The zero-order valence-corrected chi connectivity index (χ0v) is 14.8. The molecule has 0 atom stereocenters. The van der Waals surface area contributed by atoms with Gasteiger partial charge in [-0.15, -0.1) is 0 Å². The molecule has 1 aromatic heterocycles. The van der Waals surface area contributed by atoms with Gasteiger partial charge in [0.15, 0.2) is 0 Å². The number of esters is 1. The molecule has 8 heteroatoms. The monoisotopic (exact) mass is 352 g/mol. The van der Waals surface area contributed by atoms with E-state index in [0.29, 0.717) is 22.7 Å². The van der Waals surface area contributed by atoms with Crippen molar-refractivity contribution in [2.24, 2.45) is 0 Å². The van der Waals surface area contributed by atoms with Crippen LogP contribution in [0.4, 0.5) is 5.69 Å². The van der Waals surface area contributed by atoms with Crippen LogP contribution in [0.1, 0.15) is 28.7 Å². The zero-order valence-electron chi connectivity index (χ0n) is 14.0. The number of rotatable bonds is 6. The SMILES string of the molecule is CCOC(=O)c1[nH]c(C)c(S(=O)(=O)Nc2ccccc2OC)c1C. The highest BCUT2D eigenvalue weighted by atomic mass is 32.2. The second-order valence-electron chi connectivity index (χ2n) is 5.11. The van der Waals surface area contributed by atoms with E-state index in [1.165, 1.54) is 7.11 Å². The molecule has 0 amide bonds. The lowest BCUT2D eigenvalue weighted by atomic mass is 10.2. The van der Waals surface area contributed by atoms with Crippen LogP contribution >= 0.6 is 0 Å². The van der Waals surface area contributed by atoms with Gasteiger partial charge in [0.25, 0.3) is 10.0 Å². The Morgan fingerprint density at radius 3 is 2.54 bits per heavy atom. The minimum atomic E-state index is -3.90. The molecular weight excluding hydrogens is 332 g/mol. The number of H-pyrrole nitrogens is 1. The zero-order chi connectivity index (χ0) is 17.9. The van der Waals surface area contributed by atoms with Crippen LogP contribution in [0.25, 0.3) is 0 Å². The molecule has 0 radical (unpaired) electrons. The van der Waals surface area contributed by atoms with Crippen LogP contribution in [0.15, 0.2) is 29.2 Å². The first kappa shape index (κ1) is 17.9. The van der Waals surface area contributed by atoms with E-state index in [9.17, 15) is 13.2 Å². The summed E-state index contributed by atoms with van der Waals surface area (Å²) in [5.74, 6) is -0.186. The highest BCUT2D eigenvalue weighted by molar-refractivity contribution is 7.92. The molecule has 0 aliphatic rings. The number of ether oxygens (including phenoxy) is 2. The number of hydrogen-bond donors (Lipinski definition) is 2. The Morgan fingerprint density at radius 2 is 1.92 bits per heavy atom. The molecule has 0 aliphatic carbocycles. The molecule has 1 heterocycles. The number of para-hydroxylation sites is 2. The Kier molecular flexibility index (Phi) is 5.18. The average molecular weight is 352 g/mol. The minimum absolute atomic E-state index is 0.0245. The summed E-state index contributed by atoms with van der Waals surface area (Å²) in [4.78, 5) is 14.7. The maximum absolute atomic E-state index is 12.8. The number of aromatic amines is 1.